The first-order chi connectivity index (χ1) is 28.2. The summed E-state index contributed by atoms with van der Waals surface area (Å²) in [5.74, 6) is 1.82. The van der Waals surface area contributed by atoms with Gasteiger partial charge in [-0.05, 0) is 77.9 Å². The van der Waals surface area contributed by atoms with E-state index >= 15 is 0 Å². The Labute approximate surface area is 325 Å². The Morgan fingerprint density at radius 1 is 0.316 bits per heavy atom. The first-order valence-corrected chi connectivity index (χ1v) is 19.0. The molecule has 0 atom stereocenters. The predicted octanol–water partition coefficient (Wildman–Crippen LogP) is 13.4. The number of para-hydroxylation sites is 2. The van der Waals surface area contributed by atoms with Crippen LogP contribution in [-0.2, 0) is 0 Å². The molecule has 0 unspecified atom stereocenters. The lowest BCUT2D eigenvalue weighted by atomic mass is 10.00. The lowest BCUT2D eigenvalue weighted by Crippen LogP contribution is -2.00. The third-order valence-electron chi connectivity index (χ3n) is 11.0. The van der Waals surface area contributed by atoms with Crippen molar-refractivity contribution in [3.8, 4) is 51.0 Å². The zero-order valence-electron chi connectivity index (χ0n) is 30.4. The molecule has 12 rings (SSSR count). The maximum Gasteiger partial charge on any atom is 0.164 e. The summed E-state index contributed by atoms with van der Waals surface area (Å²) in [6, 6.07) is 62.7. The summed E-state index contributed by atoms with van der Waals surface area (Å²) in [6.45, 7) is 0. The monoisotopic (exact) mass is 730 g/mol. The largest absolute Gasteiger partial charge is 0.456 e. The molecule has 6 heteroatoms. The molecule has 0 saturated heterocycles. The maximum atomic E-state index is 6.59. The average molecular weight is 731 g/mol. The number of benzene rings is 8. The van der Waals surface area contributed by atoms with Gasteiger partial charge in [0.25, 0.3) is 0 Å². The van der Waals surface area contributed by atoms with Crippen LogP contribution < -0.4 is 0 Å². The summed E-state index contributed by atoms with van der Waals surface area (Å²) in [4.78, 5) is 14.7. The molecule has 0 fully saturated rings. The van der Waals surface area contributed by atoms with Gasteiger partial charge in [-0.15, -0.1) is 0 Å². The van der Waals surface area contributed by atoms with Crippen LogP contribution in [0.15, 0.2) is 191 Å². The Bertz CT molecular complexity index is 3450. The van der Waals surface area contributed by atoms with E-state index in [1.807, 2.05) is 78.9 Å². The molecule has 57 heavy (non-hydrogen) atoms. The van der Waals surface area contributed by atoms with Crippen LogP contribution in [0.25, 0.3) is 117 Å². The fourth-order valence-electron chi connectivity index (χ4n) is 8.40. The van der Waals surface area contributed by atoms with Gasteiger partial charge in [0.15, 0.2) is 17.5 Å². The molecule has 0 bridgehead atoms. The second-order valence-electron chi connectivity index (χ2n) is 14.4. The first-order valence-electron chi connectivity index (χ1n) is 19.0. The normalized spacial score (nSPS) is 11.9. The summed E-state index contributed by atoms with van der Waals surface area (Å²) in [5.41, 5.74) is 11.7. The summed E-state index contributed by atoms with van der Waals surface area (Å²) >= 11 is 0. The van der Waals surface area contributed by atoms with Gasteiger partial charge in [0.2, 0.25) is 0 Å². The third kappa shape index (κ3) is 5.01. The van der Waals surface area contributed by atoms with Crippen LogP contribution in [0.3, 0.4) is 0 Å². The molecule has 266 valence electrons. The van der Waals surface area contributed by atoms with E-state index < -0.39 is 0 Å². The SMILES string of the molecule is c1ccc(-c2nc(-c3ccccc3)nc(-c3ccc4c(c3)oc3ccc5oc6cc(-c7ccc8c(c7)c7ccccc7n8-c7ccccc7)ccc6c5c34)n2)cc1. The minimum Gasteiger partial charge on any atom is -0.456 e. The number of aromatic nitrogens is 4. The van der Waals surface area contributed by atoms with E-state index in [0.717, 1.165) is 77.4 Å². The lowest BCUT2D eigenvalue weighted by Gasteiger charge is -2.08. The fraction of sp³-hybridized carbons (Fsp3) is 0. The van der Waals surface area contributed by atoms with Crippen molar-refractivity contribution in [1.82, 2.24) is 19.5 Å². The molecule has 4 aromatic heterocycles. The standard InChI is InChI=1S/C51H30N4O2/c1-4-12-31(13-5-1)49-52-50(32-14-6-2-7-15-32)54-51(53-49)35-21-24-39-46(30-35)57-44-27-26-43-47(48(39)44)38-23-20-34(29-45(38)56-43)33-22-25-42-40(28-33)37-18-10-11-19-41(37)55(42)36-16-8-3-9-17-36/h1-30H. The predicted molar refractivity (Wildman–Crippen MR) is 230 cm³/mol. The Morgan fingerprint density at radius 3 is 1.42 bits per heavy atom. The fourth-order valence-corrected chi connectivity index (χ4v) is 8.40. The van der Waals surface area contributed by atoms with E-state index in [1.54, 1.807) is 0 Å². The highest BCUT2D eigenvalue weighted by Gasteiger charge is 2.20. The van der Waals surface area contributed by atoms with Crippen molar-refractivity contribution in [3.05, 3.63) is 182 Å². The van der Waals surface area contributed by atoms with Gasteiger partial charge in [0, 0.05) is 54.7 Å². The molecule has 0 aliphatic rings. The van der Waals surface area contributed by atoms with Crippen molar-refractivity contribution in [2.24, 2.45) is 0 Å². The molecule has 0 N–H and O–H groups in total. The summed E-state index contributed by atoms with van der Waals surface area (Å²) < 4.78 is 15.5. The van der Waals surface area contributed by atoms with Crippen molar-refractivity contribution in [2.45, 2.75) is 0 Å². The van der Waals surface area contributed by atoms with Gasteiger partial charge in [-0.3, -0.25) is 0 Å². The number of fused-ring (bicyclic) bond motifs is 10. The zero-order chi connectivity index (χ0) is 37.5. The maximum absolute atomic E-state index is 6.59. The molecule has 0 spiro atoms. The van der Waals surface area contributed by atoms with Gasteiger partial charge >= 0.3 is 0 Å². The smallest absolute Gasteiger partial charge is 0.164 e. The van der Waals surface area contributed by atoms with Gasteiger partial charge in [-0.1, -0.05) is 115 Å². The van der Waals surface area contributed by atoms with Crippen LogP contribution in [-0.4, -0.2) is 19.5 Å². The summed E-state index contributed by atoms with van der Waals surface area (Å²) in [5, 5.41) is 6.56. The molecule has 0 aliphatic carbocycles. The molecular weight excluding hydrogens is 701 g/mol. The summed E-state index contributed by atoms with van der Waals surface area (Å²) in [6.07, 6.45) is 0. The minimum atomic E-state index is 0.583. The Balaban J connectivity index is 0.974. The molecule has 4 heterocycles. The number of furan rings is 2. The minimum absolute atomic E-state index is 0.583. The number of rotatable bonds is 5. The number of hydrogen-bond donors (Lipinski definition) is 0. The highest BCUT2D eigenvalue weighted by molar-refractivity contribution is 6.26. The first kappa shape index (κ1) is 31.5. The van der Waals surface area contributed by atoms with E-state index in [-0.39, 0.29) is 0 Å². The van der Waals surface area contributed by atoms with Crippen molar-refractivity contribution >= 4 is 65.7 Å². The molecule has 12 aromatic rings. The van der Waals surface area contributed by atoms with E-state index in [1.165, 1.54) is 21.8 Å². The molecule has 8 aromatic carbocycles. The van der Waals surface area contributed by atoms with Crippen LogP contribution >= 0.6 is 0 Å². The van der Waals surface area contributed by atoms with Gasteiger partial charge in [-0.2, -0.15) is 0 Å². The van der Waals surface area contributed by atoms with Gasteiger partial charge in [0.05, 0.1) is 11.0 Å². The van der Waals surface area contributed by atoms with E-state index in [9.17, 15) is 0 Å². The van der Waals surface area contributed by atoms with E-state index in [0.29, 0.717) is 17.5 Å². The second kappa shape index (κ2) is 12.3. The van der Waals surface area contributed by atoms with Crippen LogP contribution in [0, 0.1) is 0 Å². The van der Waals surface area contributed by atoms with Gasteiger partial charge in [0.1, 0.15) is 22.3 Å². The molecule has 6 nitrogen and oxygen atoms in total. The topological polar surface area (TPSA) is 69.9 Å². The van der Waals surface area contributed by atoms with Crippen molar-refractivity contribution < 1.29 is 8.83 Å². The highest BCUT2D eigenvalue weighted by atomic mass is 16.3. The van der Waals surface area contributed by atoms with Crippen LogP contribution in [0.2, 0.25) is 0 Å². The molecule has 0 aliphatic heterocycles. The lowest BCUT2D eigenvalue weighted by molar-refractivity contribution is 0.663. The average Bonchev–Trinajstić information content (AvgIpc) is 3.95. The van der Waals surface area contributed by atoms with Crippen molar-refractivity contribution in [2.75, 3.05) is 0 Å². The molecular formula is C51H30N4O2. The van der Waals surface area contributed by atoms with E-state index in [4.69, 9.17) is 23.8 Å². The summed E-state index contributed by atoms with van der Waals surface area (Å²) in [7, 11) is 0. The van der Waals surface area contributed by atoms with Crippen LogP contribution in [0.5, 0.6) is 0 Å². The number of hydrogen-bond acceptors (Lipinski definition) is 5. The third-order valence-corrected chi connectivity index (χ3v) is 11.0. The van der Waals surface area contributed by atoms with Crippen LogP contribution in [0.1, 0.15) is 0 Å². The molecule has 0 amide bonds. The highest BCUT2D eigenvalue weighted by Crippen LogP contribution is 2.42. The number of nitrogens with zero attached hydrogens (tertiary/aromatic N) is 4. The van der Waals surface area contributed by atoms with Gasteiger partial charge < -0.3 is 13.4 Å². The van der Waals surface area contributed by atoms with Crippen molar-refractivity contribution in [1.29, 1.82) is 0 Å². The van der Waals surface area contributed by atoms with Crippen LogP contribution in [0.4, 0.5) is 0 Å². The Hall–Kier alpha value is -7.83. The molecule has 0 saturated carbocycles. The van der Waals surface area contributed by atoms with Crippen molar-refractivity contribution in [3.63, 3.8) is 0 Å². The molecule has 0 radical (unpaired) electrons. The van der Waals surface area contributed by atoms with Gasteiger partial charge in [-0.25, -0.2) is 15.0 Å². The van der Waals surface area contributed by atoms with E-state index in [2.05, 4.69) is 108 Å². The Kier molecular flexibility index (Phi) is 6.83. The quantitative estimate of drug-likeness (QED) is 0.176. The second-order valence-corrected chi connectivity index (χ2v) is 14.4. The Morgan fingerprint density at radius 2 is 0.789 bits per heavy atom. The zero-order valence-corrected chi connectivity index (χ0v) is 30.4.